The smallest absolute Gasteiger partial charge is 0.251 e. The molecule has 1 aliphatic rings. The molecule has 0 unspecified atom stereocenters. The second-order valence-electron chi connectivity index (χ2n) is 5.38. The third-order valence-corrected chi connectivity index (χ3v) is 3.57. The van der Waals surface area contributed by atoms with Gasteiger partial charge >= 0.3 is 0 Å². The molecule has 0 aromatic heterocycles. The molecule has 5 heteroatoms. The van der Waals surface area contributed by atoms with Gasteiger partial charge in [0.1, 0.15) is 6.61 Å². The van der Waals surface area contributed by atoms with E-state index in [-0.39, 0.29) is 30.5 Å². The van der Waals surface area contributed by atoms with Crippen LogP contribution in [0.1, 0.15) is 32.4 Å². The van der Waals surface area contributed by atoms with Crippen molar-refractivity contribution in [3.63, 3.8) is 0 Å². The van der Waals surface area contributed by atoms with Gasteiger partial charge in [-0.15, -0.1) is 0 Å². The third-order valence-electron chi connectivity index (χ3n) is 3.57. The highest BCUT2D eigenvalue weighted by Crippen LogP contribution is 2.32. The van der Waals surface area contributed by atoms with Gasteiger partial charge in [-0.3, -0.25) is 9.59 Å². The van der Waals surface area contributed by atoms with Crippen LogP contribution in [0.5, 0.6) is 0 Å². The number of hydrogen-bond donors (Lipinski definition) is 1. The van der Waals surface area contributed by atoms with Crippen molar-refractivity contribution >= 4 is 11.8 Å². The molecular formula is C16H22N2O3. The molecule has 0 spiro atoms. The van der Waals surface area contributed by atoms with Gasteiger partial charge < -0.3 is 15.0 Å². The number of ether oxygens (including phenoxy) is 1. The topological polar surface area (TPSA) is 58.6 Å². The summed E-state index contributed by atoms with van der Waals surface area (Å²) in [4.78, 5) is 26.2. The molecule has 114 valence electrons. The van der Waals surface area contributed by atoms with Crippen molar-refractivity contribution in [3.05, 3.63) is 35.9 Å². The van der Waals surface area contributed by atoms with Crippen LogP contribution in [0.3, 0.4) is 0 Å². The predicted octanol–water partition coefficient (Wildman–Crippen LogP) is 1.50. The maximum absolute atomic E-state index is 12.3. The summed E-state index contributed by atoms with van der Waals surface area (Å²) in [5.41, 5.74) is 0.913. The fraction of sp³-hybridized carbons (Fsp3) is 0.500. The van der Waals surface area contributed by atoms with E-state index in [4.69, 9.17) is 4.74 Å². The minimum Gasteiger partial charge on any atom is -0.356 e. The second-order valence-corrected chi connectivity index (χ2v) is 5.38. The average molecular weight is 290 g/mol. The number of hydrogen-bond acceptors (Lipinski definition) is 3. The van der Waals surface area contributed by atoms with E-state index in [0.29, 0.717) is 6.54 Å². The zero-order valence-electron chi connectivity index (χ0n) is 12.7. The lowest BCUT2D eigenvalue weighted by Crippen LogP contribution is -2.56. The van der Waals surface area contributed by atoms with Crippen LogP contribution in [0, 0.1) is 0 Å². The van der Waals surface area contributed by atoms with Gasteiger partial charge in [-0.2, -0.15) is 0 Å². The summed E-state index contributed by atoms with van der Waals surface area (Å²) in [6.07, 6.45) is -0.674. The highest BCUT2D eigenvalue weighted by atomic mass is 16.5. The molecule has 1 aliphatic heterocycles. The van der Waals surface area contributed by atoms with E-state index in [1.807, 2.05) is 51.1 Å². The van der Waals surface area contributed by atoms with Crippen LogP contribution in [-0.4, -0.2) is 42.0 Å². The fourth-order valence-electron chi connectivity index (χ4n) is 2.72. The van der Waals surface area contributed by atoms with Crippen molar-refractivity contribution in [1.29, 1.82) is 0 Å². The zero-order chi connectivity index (χ0) is 15.4. The number of benzene rings is 1. The van der Waals surface area contributed by atoms with Crippen molar-refractivity contribution < 1.29 is 14.3 Å². The minimum absolute atomic E-state index is 0.00327. The quantitative estimate of drug-likeness (QED) is 0.914. The standard InChI is InChI=1S/C16H22N2O3/c1-4-17-16(20)15-14(12-8-6-5-7-9-12)18(11(2)3)13(19)10-21-15/h5-9,11,14-15H,4,10H2,1-3H3,(H,17,20)/t14-,15+/m1/s1. The summed E-state index contributed by atoms with van der Waals surface area (Å²) in [5, 5.41) is 2.79. The summed E-state index contributed by atoms with van der Waals surface area (Å²) in [6, 6.07) is 9.18. The van der Waals surface area contributed by atoms with Crippen molar-refractivity contribution in [2.24, 2.45) is 0 Å². The van der Waals surface area contributed by atoms with E-state index < -0.39 is 6.10 Å². The van der Waals surface area contributed by atoms with Crippen LogP contribution in [0.2, 0.25) is 0 Å². The summed E-state index contributed by atoms with van der Waals surface area (Å²) < 4.78 is 5.55. The van der Waals surface area contributed by atoms with E-state index in [9.17, 15) is 9.59 Å². The largest absolute Gasteiger partial charge is 0.356 e. The molecule has 0 radical (unpaired) electrons. The number of amides is 2. The number of rotatable bonds is 4. The molecule has 5 nitrogen and oxygen atoms in total. The number of carbonyl (C=O) groups excluding carboxylic acids is 2. The Labute approximate surface area is 125 Å². The molecule has 1 aromatic carbocycles. The summed E-state index contributed by atoms with van der Waals surface area (Å²) in [5.74, 6) is -0.260. The Kier molecular flexibility index (Phi) is 4.96. The van der Waals surface area contributed by atoms with Crippen LogP contribution in [0.4, 0.5) is 0 Å². The van der Waals surface area contributed by atoms with Gasteiger partial charge in [0.15, 0.2) is 6.10 Å². The third kappa shape index (κ3) is 3.24. The van der Waals surface area contributed by atoms with Crippen molar-refractivity contribution in [2.45, 2.75) is 39.0 Å². The lowest BCUT2D eigenvalue weighted by Gasteiger charge is -2.42. The normalized spacial score (nSPS) is 22.5. The first kappa shape index (κ1) is 15.5. The molecule has 1 saturated heterocycles. The van der Waals surface area contributed by atoms with Crippen molar-refractivity contribution in [2.75, 3.05) is 13.2 Å². The predicted molar refractivity (Wildman–Crippen MR) is 79.6 cm³/mol. The minimum atomic E-state index is -0.674. The molecule has 2 amide bonds. The molecular weight excluding hydrogens is 268 g/mol. The van der Waals surface area contributed by atoms with E-state index in [0.717, 1.165) is 5.56 Å². The van der Waals surface area contributed by atoms with Gasteiger partial charge in [-0.1, -0.05) is 30.3 Å². The first-order chi connectivity index (χ1) is 10.1. The number of nitrogens with one attached hydrogen (secondary N) is 1. The van der Waals surface area contributed by atoms with Gasteiger partial charge in [0.25, 0.3) is 5.91 Å². The van der Waals surface area contributed by atoms with E-state index in [1.54, 1.807) is 4.90 Å². The molecule has 2 rings (SSSR count). The van der Waals surface area contributed by atoms with Gasteiger partial charge in [0.2, 0.25) is 5.91 Å². The van der Waals surface area contributed by atoms with Crippen LogP contribution in [0.15, 0.2) is 30.3 Å². The molecule has 1 heterocycles. The summed E-state index contributed by atoms with van der Waals surface area (Å²) in [6.45, 7) is 6.25. The Morgan fingerprint density at radius 1 is 1.38 bits per heavy atom. The highest BCUT2D eigenvalue weighted by molar-refractivity contribution is 5.86. The van der Waals surface area contributed by atoms with Crippen molar-refractivity contribution in [3.8, 4) is 0 Å². The lowest BCUT2D eigenvalue weighted by molar-refractivity contribution is -0.167. The van der Waals surface area contributed by atoms with Crippen LogP contribution < -0.4 is 5.32 Å². The number of likely N-dealkylation sites (N-methyl/N-ethyl adjacent to an activating group) is 1. The van der Waals surface area contributed by atoms with Crippen LogP contribution >= 0.6 is 0 Å². The van der Waals surface area contributed by atoms with Gasteiger partial charge in [-0.05, 0) is 26.3 Å². The molecule has 0 saturated carbocycles. The Balaban J connectivity index is 2.40. The molecule has 1 fully saturated rings. The second kappa shape index (κ2) is 6.72. The van der Waals surface area contributed by atoms with Crippen LogP contribution in [-0.2, 0) is 14.3 Å². The van der Waals surface area contributed by atoms with E-state index in [1.165, 1.54) is 0 Å². The molecule has 0 aliphatic carbocycles. The first-order valence-electron chi connectivity index (χ1n) is 7.31. The Morgan fingerprint density at radius 3 is 2.62 bits per heavy atom. The maximum atomic E-state index is 12.3. The average Bonchev–Trinajstić information content (AvgIpc) is 2.47. The first-order valence-corrected chi connectivity index (χ1v) is 7.31. The van der Waals surface area contributed by atoms with Gasteiger partial charge in [0.05, 0.1) is 6.04 Å². The SMILES string of the molecule is CCNC(=O)[C@H]1OCC(=O)N(C(C)C)[C@@H]1c1ccccc1. The Hall–Kier alpha value is -1.88. The number of nitrogens with zero attached hydrogens (tertiary/aromatic N) is 1. The lowest BCUT2D eigenvalue weighted by atomic mass is 9.96. The van der Waals surface area contributed by atoms with Crippen molar-refractivity contribution in [1.82, 2.24) is 10.2 Å². The van der Waals surface area contributed by atoms with Crippen LogP contribution in [0.25, 0.3) is 0 Å². The monoisotopic (exact) mass is 290 g/mol. The highest BCUT2D eigenvalue weighted by Gasteiger charge is 2.42. The Morgan fingerprint density at radius 2 is 2.05 bits per heavy atom. The Bertz CT molecular complexity index is 502. The number of carbonyl (C=O) groups is 2. The molecule has 0 bridgehead atoms. The fourth-order valence-corrected chi connectivity index (χ4v) is 2.72. The van der Waals surface area contributed by atoms with Gasteiger partial charge in [-0.25, -0.2) is 0 Å². The van der Waals surface area contributed by atoms with Gasteiger partial charge in [0, 0.05) is 12.6 Å². The molecule has 21 heavy (non-hydrogen) atoms. The summed E-state index contributed by atoms with van der Waals surface area (Å²) in [7, 11) is 0. The summed E-state index contributed by atoms with van der Waals surface area (Å²) >= 11 is 0. The van der Waals surface area contributed by atoms with E-state index >= 15 is 0 Å². The maximum Gasteiger partial charge on any atom is 0.251 e. The zero-order valence-corrected chi connectivity index (χ0v) is 12.7. The molecule has 1 N–H and O–H groups in total. The number of morpholine rings is 1. The van der Waals surface area contributed by atoms with E-state index in [2.05, 4.69) is 5.32 Å². The molecule has 1 aromatic rings. The molecule has 2 atom stereocenters.